The van der Waals surface area contributed by atoms with E-state index >= 15 is 0 Å². The number of fused-ring (bicyclic) bond motifs is 1. The van der Waals surface area contributed by atoms with Crippen molar-refractivity contribution < 1.29 is 30.9 Å². The Balaban J connectivity index is 2.36. The Bertz CT molecular complexity index is 467. The molecule has 4 nitrogen and oxygen atoms in total. The summed E-state index contributed by atoms with van der Waals surface area (Å²) in [5, 5.41) is 11.1. The topological polar surface area (TPSA) is 60.2 Å². The number of halogens is 2. The van der Waals surface area contributed by atoms with Gasteiger partial charge in [-0.05, 0) is 0 Å². The molecule has 1 fully saturated rings. The monoisotopic (exact) mass is 410 g/mol. The third-order valence-electron chi connectivity index (χ3n) is 2.70. The van der Waals surface area contributed by atoms with Crippen LogP contribution in [0.5, 0.6) is 0 Å². The second-order valence-corrected chi connectivity index (χ2v) is 7.55. The van der Waals surface area contributed by atoms with E-state index in [1.807, 2.05) is 6.08 Å². The molecule has 0 N–H and O–H groups in total. The normalized spacial score (nSPS) is 23.6. The van der Waals surface area contributed by atoms with Gasteiger partial charge in [-0.15, -0.1) is 0 Å². The van der Waals surface area contributed by atoms with Crippen molar-refractivity contribution in [1.29, 1.82) is 0 Å². The van der Waals surface area contributed by atoms with E-state index in [0.29, 0.717) is 9.50 Å². The zero-order valence-corrected chi connectivity index (χ0v) is 12.6. The molecule has 0 saturated heterocycles. The Kier molecular flexibility index (Phi) is 4.13. The fourth-order valence-electron chi connectivity index (χ4n) is 1.62. The third-order valence-corrected chi connectivity index (χ3v) is 6.73. The van der Waals surface area contributed by atoms with Crippen molar-refractivity contribution in [2.45, 2.75) is 16.8 Å². The van der Waals surface area contributed by atoms with Crippen LogP contribution in [0.3, 0.4) is 0 Å². The predicted octanol–water partition coefficient (Wildman–Crippen LogP) is -0.814. The van der Waals surface area contributed by atoms with E-state index in [-0.39, 0.29) is 19.7 Å². The number of ketones is 1. The first kappa shape index (κ1) is 12.9. The first-order valence-electron chi connectivity index (χ1n) is 5.11. The van der Waals surface area contributed by atoms with E-state index < -0.39 is 21.2 Å². The van der Waals surface area contributed by atoms with Crippen molar-refractivity contribution in [3.8, 4) is 0 Å². The van der Waals surface area contributed by atoms with Crippen molar-refractivity contribution in [1.82, 2.24) is 0 Å². The number of Topliss-reactive ketones (excluding diaryl/α,β-unsaturated/α-hetero) is 1. The van der Waals surface area contributed by atoms with Gasteiger partial charge in [-0.25, -0.2) is 0 Å². The van der Waals surface area contributed by atoms with E-state index in [9.17, 15) is 14.9 Å². The van der Waals surface area contributed by atoms with E-state index in [1.54, 1.807) is 6.08 Å². The van der Waals surface area contributed by atoms with Crippen LogP contribution in [0.1, 0.15) is 12.8 Å². The zero-order chi connectivity index (χ0) is 12.4. The maximum absolute atomic E-state index is 11.6. The molecule has 0 aromatic carbocycles. The fourth-order valence-corrected chi connectivity index (χ4v) is 4.99. The van der Waals surface area contributed by atoms with Crippen molar-refractivity contribution >= 4 is 21.7 Å². The van der Waals surface area contributed by atoms with Crippen molar-refractivity contribution in [3.63, 3.8) is 0 Å². The summed E-state index contributed by atoms with van der Waals surface area (Å²) in [6.07, 6.45) is 7.22. The number of alkyl halides is 2. The van der Waals surface area contributed by atoms with E-state index in [0.717, 1.165) is 12.8 Å². The van der Waals surface area contributed by atoms with Gasteiger partial charge in [-0.3, -0.25) is 0 Å². The molecule has 1 unspecified atom stereocenters. The zero-order valence-electron chi connectivity index (χ0n) is 8.86. The molecule has 0 radical (unpaired) electrons. The fraction of sp³-hybridized carbons (Fsp3) is 0.364. The number of allylic oxidation sites excluding steroid dienone is 5. The van der Waals surface area contributed by atoms with Crippen LogP contribution < -0.4 is 21.2 Å². The molecule has 1 aliphatic heterocycles. The van der Waals surface area contributed by atoms with E-state index in [1.165, 1.54) is 11.6 Å². The molecule has 1 saturated carbocycles. The molecule has 1 atom stereocenters. The summed E-state index contributed by atoms with van der Waals surface area (Å²) in [6, 6.07) is 0. The molecule has 0 aromatic heterocycles. The van der Waals surface area contributed by atoms with Gasteiger partial charge in [0, 0.05) is 0 Å². The summed E-state index contributed by atoms with van der Waals surface area (Å²) < 4.78 is 0.655. The first-order valence-corrected chi connectivity index (χ1v) is 8.56. The second kappa shape index (κ2) is 5.43. The van der Waals surface area contributed by atoms with Gasteiger partial charge in [0.1, 0.15) is 0 Å². The van der Waals surface area contributed by atoms with Gasteiger partial charge < -0.3 is 0 Å². The molecule has 1 heterocycles. The molecule has 6 heteroatoms. The third kappa shape index (κ3) is 2.85. The van der Waals surface area contributed by atoms with Crippen LogP contribution in [-0.2, 0) is 4.79 Å². The van der Waals surface area contributed by atoms with Crippen LogP contribution in [0, 0.1) is 10.1 Å². The molecule has 17 heavy (non-hydrogen) atoms. The summed E-state index contributed by atoms with van der Waals surface area (Å²) in [5.41, 5.74) is 1.70. The predicted molar refractivity (Wildman–Crippen MR) is 63.1 cm³/mol. The maximum atomic E-state index is 11.6. The summed E-state index contributed by atoms with van der Waals surface area (Å²) >= 11 is 2.47. The van der Waals surface area contributed by atoms with Crippen LogP contribution in [0.25, 0.3) is 0 Å². The Hall–Kier alpha value is -0.500. The quantitative estimate of drug-likeness (QED) is 0.201. The Morgan fingerprint density at radius 3 is 2.88 bits per heavy atom. The van der Waals surface area contributed by atoms with Crippen molar-refractivity contribution in [2.24, 2.45) is 0 Å². The van der Waals surface area contributed by atoms with Crippen LogP contribution in [0.15, 0.2) is 33.1 Å². The van der Waals surface area contributed by atoms with Gasteiger partial charge in [0.05, 0.1) is 0 Å². The average Bonchev–Trinajstić information content (AvgIpc) is 2.27. The number of carbonyl (C=O) groups excluding carboxylic acids is 1. The molecule has 2 rings (SSSR count). The van der Waals surface area contributed by atoms with Crippen molar-refractivity contribution in [3.05, 3.63) is 43.2 Å². The minimum atomic E-state index is -0.625. The summed E-state index contributed by atoms with van der Waals surface area (Å²) in [7, 11) is 0. The van der Waals surface area contributed by atoms with Crippen molar-refractivity contribution in [2.75, 3.05) is 5.33 Å². The first-order chi connectivity index (χ1) is 8.11. The van der Waals surface area contributed by atoms with E-state index in [4.69, 9.17) is 0 Å². The van der Waals surface area contributed by atoms with E-state index in [2.05, 4.69) is 15.9 Å². The number of rotatable bonds is 3. The minimum absolute atomic E-state index is 0.108. The van der Waals surface area contributed by atoms with Crippen LogP contribution in [0.4, 0.5) is 0 Å². The Morgan fingerprint density at radius 1 is 1.59 bits per heavy atom. The molecule has 1 aliphatic carbocycles. The van der Waals surface area contributed by atoms with Gasteiger partial charge in [0.15, 0.2) is 0 Å². The Labute approximate surface area is 117 Å². The molecule has 0 bridgehead atoms. The number of hydrogen-bond acceptors (Lipinski definition) is 3. The molecule has 0 amide bonds. The number of hydrogen-bond donors (Lipinski definition) is 0. The SMILES string of the molecule is O=C(CBr)C1=CC=C2CCC2[I-]C([N+](=O)[O-])=C1. The summed E-state index contributed by atoms with van der Waals surface area (Å²) in [5.74, 6) is -0.108. The number of nitrogens with zero attached hydrogens (tertiary/aromatic N) is 1. The Morgan fingerprint density at radius 2 is 2.35 bits per heavy atom. The average molecular weight is 411 g/mol. The van der Waals surface area contributed by atoms with Crippen LogP contribution in [0.2, 0.25) is 0 Å². The summed E-state index contributed by atoms with van der Waals surface area (Å²) in [4.78, 5) is 22.2. The molecule has 0 spiro atoms. The van der Waals surface area contributed by atoms with Gasteiger partial charge in [-0.2, -0.15) is 0 Å². The number of nitro groups is 1. The second-order valence-electron chi connectivity index (χ2n) is 3.76. The van der Waals surface area contributed by atoms with Crippen LogP contribution >= 0.6 is 15.9 Å². The molecular weight excluding hydrogens is 401 g/mol. The standard InChI is InChI=1S/C11H10BrINO3/c12-6-10(15)8-2-1-7-3-4-9(7)13-11(5-8)14(16)17/h1-2,5,9H,3-4,6H2/q-1. The van der Waals surface area contributed by atoms with Gasteiger partial charge in [0.25, 0.3) is 0 Å². The molecule has 0 aromatic rings. The van der Waals surface area contributed by atoms with Gasteiger partial charge >= 0.3 is 118 Å². The van der Waals surface area contributed by atoms with Gasteiger partial charge in [0.2, 0.25) is 0 Å². The molecular formula is C11H10BrINO3-. The number of carbonyl (C=O) groups is 1. The van der Waals surface area contributed by atoms with Gasteiger partial charge in [-0.1, -0.05) is 0 Å². The van der Waals surface area contributed by atoms with Crippen LogP contribution in [-0.4, -0.2) is 20.0 Å². The summed E-state index contributed by atoms with van der Waals surface area (Å²) in [6.45, 7) is 0. The molecule has 92 valence electrons. The molecule has 2 aliphatic rings.